The van der Waals surface area contributed by atoms with Gasteiger partial charge in [-0.1, -0.05) is 55.0 Å². The van der Waals surface area contributed by atoms with Crippen molar-refractivity contribution in [3.63, 3.8) is 0 Å². The quantitative estimate of drug-likeness (QED) is 0.553. The third kappa shape index (κ3) is 6.03. The smallest absolute Gasteiger partial charge is 0.237 e. The normalized spacial score (nSPS) is 11.0. The maximum Gasteiger partial charge on any atom is 0.237 e. The summed E-state index contributed by atoms with van der Waals surface area (Å²) in [7, 11) is 1.98. The molecule has 2 aromatic carbocycles. The van der Waals surface area contributed by atoms with Gasteiger partial charge in [-0.05, 0) is 38.1 Å². The van der Waals surface area contributed by atoms with Crippen molar-refractivity contribution in [2.24, 2.45) is 0 Å². The van der Waals surface area contributed by atoms with Crippen LogP contribution in [0, 0.1) is 6.92 Å². The Balaban J connectivity index is 1.58. The summed E-state index contributed by atoms with van der Waals surface area (Å²) in [5, 5.41) is 4.44. The van der Waals surface area contributed by atoms with Crippen LogP contribution in [0.2, 0.25) is 0 Å². The molecule has 0 unspecified atom stereocenters. The molecule has 3 rings (SSSR count). The average Bonchev–Trinajstić information content (AvgIpc) is 3.18. The van der Waals surface area contributed by atoms with Crippen LogP contribution >= 0.6 is 0 Å². The largest absolute Gasteiger partial charge is 0.337 e. The molecule has 0 radical (unpaired) electrons. The summed E-state index contributed by atoms with van der Waals surface area (Å²) in [6.07, 6.45) is 4.83. The van der Waals surface area contributed by atoms with Gasteiger partial charge >= 0.3 is 0 Å². The first-order chi connectivity index (χ1) is 14.0. The van der Waals surface area contributed by atoms with Crippen LogP contribution in [0.25, 0.3) is 5.69 Å². The molecule has 0 N–H and O–H groups in total. The van der Waals surface area contributed by atoms with Gasteiger partial charge in [0, 0.05) is 31.4 Å². The third-order valence-electron chi connectivity index (χ3n) is 4.85. The zero-order chi connectivity index (χ0) is 20.6. The summed E-state index contributed by atoms with van der Waals surface area (Å²) in [5.74, 6) is 0.158. The summed E-state index contributed by atoms with van der Waals surface area (Å²) in [6.45, 7) is 6.69. The molecule has 1 heterocycles. The Labute approximate surface area is 173 Å². The number of rotatable bonds is 9. The number of hydrogen-bond acceptors (Lipinski definition) is 3. The number of nitrogens with zero attached hydrogens (tertiary/aromatic N) is 4. The second-order valence-electron chi connectivity index (χ2n) is 7.60. The first-order valence-corrected chi connectivity index (χ1v) is 10.2. The first kappa shape index (κ1) is 20.8. The maximum atomic E-state index is 12.9. The Morgan fingerprint density at radius 1 is 1.00 bits per heavy atom. The SMILES string of the molecule is CCCN(Cc1ccc(C)cc1)C(=O)CN(C)Cc1cnn(-c2ccccc2)c1. The number of hydrogen-bond donors (Lipinski definition) is 0. The topological polar surface area (TPSA) is 41.4 Å². The van der Waals surface area contributed by atoms with E-state index in [2.05, 4.69) is 43.2 Å². The van der Waals surface area contributed by atoms with E-state index in [4.69, 9.17) is 0 Å². The van der Waals surface area contributed by atoms with E-state index in [1.165, 1.54) is 11.1 Å². The molecule has 5 nitrogen and oxygen atoms in total. The molecule has 1 aromatic heterocycles. The molecule has 29 heavy (non-hydrogen) atoms. The van der Waals surface area contributed by atoms with Crippen molar-refractivity contribution >= 4 is 5.91 Å². The number of amides is 1. The molecule has 0 saturated heterocycles. The maximum absolute atomic E-state index is 12.9. The predicted molar refractivity (Wildman–Crippen MR) is 117 cm³/mol. The van der Waals surface area contributed by atoms with Crippen molar-refractivity contribution in [3.8, 4) is 5.69 Å². The molecule has 0 bridgehead atoms. The van der Waals surface area contributed by atoms with Gasteiger partial charge < -0.3 is 4.90 Å². The molecule has 0 aliphatic rings. The van der Waals surface area contributed by atoms with Crippen molar-refractivity contribution in [2.75, 3.05) is 20.1 Å². The summed E-state index contributed by atoms with van der Waals surface area (Å²) in [4.78, 5) is 16.9. The Morgan fingerprint density at radius 2 is 1.72 bits per heavy atom. The summed E-state index contributed by atoms with van der Waals surface area (Å²) in [6, 6.07) is 18.4. The van der Waals surface area contributed by atoms with E-state index in [-0.39, 0.29) is 5.91 Å². The van der Waals surface area contributed by atoms with E-state index in [1.807, 2.05) is 64.3 Å². The third-order valence-corrected chi connectivity index (χ3v) is 4.85. The van der Waals surface area contributed by atoms with Gasteiger partial charge in [0.1, 0.15) is 0 Å². The van der Waals surface area contributed by atoms with Crippen molar-refractivity contribution in [1.82, 2.24) is 19.6 Å². The summed E-state index contributed by atoms with van der Waals surface area (Å²) < 4.78 is 1.87. The van der Waals surface area contributed by atoms with Crippen molar-refractivity contribution in [3.05, 3.63) is 83.7 Å². The average molecular weight is 391 g/mol. The Morgan fingerprint density at radius 3 is 2.41 bits per heavy atom. The van der Waals surface area contributed by atoms with Crippen LogP contribution in [0.1, 0.15) is 30.0 Å². The fraction of sp³-hybridized carbons (Fsp3) is 0.333. The van der Waals surface area contributed by atoms with E-state index in [1.54, 1.807) is 0 Å². The minimum Gasteiger partial charge on any atom is -0.337 e. The Kier molecular flexibility index (Phi) is 7.19. The molecule has 152 valence electrons. The molecule has 1 amide bonds. The first-order valence-electron chi connectivity index (χ1n) is 10.2. The van der Waals surface area contributed by atoms with E-state index in [9.17, 15) is 4.79 Å². The van der Waals surface area contributed by atoms with E-state index < -0.39 is 0 Å². The lowest BCUT2D eigenvalue weighted by molar-refractivity contribution is -0.132. The Hall–Kier alpha value is -2.92. The van der Waals surface area contributed by atoms with Crippen LogP contribution in [-0.4, -0.2) is 45.6 Å². The minimum absolute atomic E-state index is 0.158. The lowest BCUT2D eigenvalue weighted by Crippen LogP contribution is -2.38. The summed E-state index contributed by atoms with van der Waals surface area (Å²) in [5.41, 5.74) is 4.52. The van der Waals surface area contributed by atoms with E-state index >= 15 is 0 Å². The number of aryl methyl sites for hydroxylation is 1. The number of carbonyl (C=O) groups is 1. The molecule has 0 saturated carbocycles. The van der Waals surface area contributed by atoms with Gasteiger partial charge in [-0.2, -0.15) is 5.10 Å². The van der Waals surface area contributed by atoms with Gasteiger partial charge in [0.05, 0.1) is 18.4 Å². The van der Waals surface area contributed by atoms with Gasteiger partial charge in [0.2, 0.25) is 5.91 Å². The highest BCUT2D eigenvalue weighted by atomic mass is 16.2. The van der Waals surface area contributed by atoms with Crippen LogP contribution in [-0.2, 0) is 17.9 Å². The standard InChI is InChI=1S/C24H30N4O/c1-4-14-27(17-21-12-10-20(2)11-13-21)24(29)19-26(3)16-22-15-25-28(18-22)23-8-6-5-7-9-23/h5-13,15,18H,4,14,16-17,19H2,1-3H3. The van der Waals surface area contributed by atoms with Gasteiger partial charge in [0.25, 0.3) is 0 Å². The lowest BCUT2D eigenvalue weighted by Gasteiger charge is -2.25. The van der Waals surface area contributed by atoms with E-state index in [0.29, 0.717) is 19.6 Å². The van der Waals surface area contributed by atoms with Gasteiger partial charge in [-0.3, -0.25) is 9.69 Å². The van der Waals surface area contributed by atoms with Gasteiger partial charge in [-0.25, -0.2) is 4.68 Å². The Bertz CT molecular complexity index is 902. The van der Waals surface area contributed by atoms with Crippen LogP contribution in [0.3, 0.4) is 0 Å². The zero-order valence-electron chi connectivity index (χ0n) is 17.6. The fourth-order valence-corrected chi connectivity index (χ4v) is 3.34. The number of benzene rings is 2. The molecule has 0 atom stereocenters. The lowest BCUT2D eigenvalue weighted by atomic mass is 10.1. The number of para-hydroxylation sites is 1. The zero-order valence-corrected chi connectivity index (χ0v) is 17.6. The molecule has 5 heteroatoms. The second kappa shape index (κ2) is 10.0. The van der Waals surface area contributed by atoms with Crippen molar-refractivity contribution in [1.29, 1.82) is 0 Å². The fourth-order valence-electron chi connectivity index (χ4n) is 3.34. The number of likely N-dealkylation sites (N-methyl/N-ethyl adjacent to an activating group) is 1. The number of carbonyl (C=O) groups excluding carboxylic acids is 1. The van der Waals surface area contributed by atoms with Crippen LogP contribution in [0.15, 0.2) is 67.0 Å². The monoisotopic (exact) mass is 390 g/mol. The minimum atomic E-state index is 0.158. The van der Waals surface area contributed by atoms with Crippen LogP contribution in [0.4, 0.5) is 0 Å². The molecule has 0 spiro atoms. The molecule has 3 aromatic rings. The van der Waals surface area contributed by atoms with Crippen LogP contribution < -0.4 is 0 Å². The number of aromatic nitrogens is 2. The predicted octanol–water partition coefficient (Wildman–Crippen LogP) is 4.05. The second-order valence-corrected chi connectivity index (χ2v) is 7.60. The molecule has 0 fully saturated rings. The van der Waals surface area contributed by atoms with Crippen LogP contribution in [0.5, 0.6) is 0 Å². The highest BCUT2D eigenvalue weighted by Gasteiger charge is 2.16. The molecule has 0 aliphatic heterocycles. The van der Waals surface area contributed by atoms with Gasteiger partial charge in [-0.15, -0.1) is 0 Å². The molecule has 0 aliphatic carbocycles. The van der Waals surface area contributed by atoms with E-state index in [0.717, 1.165) is 24.2 Å². The van der Waals surface area contributed by atoms with Crippen molar-refractivity contribution < 1.29 is 4.79 Å². The highest BCUT2D eigenvalue weighted by Crippen LogP contribution is 2.11. The molecular weight excluding hydrogens is 360 g/mol. The molecular formula is C24H30N4O. The highest BCUT2D eigenvalue weighted by molar-refractivity contribution is 5.78. The van der Waals surface area contributed by atoms with Gasteiger partial charge in [0.15, 0.2) is 0 Å². The summed E-state index contributed by atoms with van der Waals surface area (Å²) >= 11 is 0. The van der Waals surface area contributed by atoms with Crippen molar-refractivity contribution in [2.45, 2.75) is 33.4 Å².